The van der Waals surface area contributed by atoms with Crippen LogP contribution < -0.4 is 4.74 Å². The number of benzene rings is 1. The minimum Gasteiger partial charge on any atom is -0.466 e. The zero-order valence-corrected chi connectivity index (χ0v) is 14.4. The second-order valence-corrected chi connectivity index (χ2v) is 5.89. The van der Waals surface area contributed by atoms with Crippen molar-refractivity contribution in [2.45, 2.75) is 39.5 Å². The number of rotatable bonds is 8. The monoisotopic (exact) mass is 335 g/mol. The smallest absolute Gasteiger partial charge is 0.344 e. The summed E-state index contributed by atoms with van der Waals surface area (Å²) in [5.41, 5.74) is 1.79. The van der Waals surface area contributed by atoms with Gasteiger partial charge < -0.3 is 9.47 Å². The molecule has 0 atom stereocenters. The van der Waals surface area contributed by atoms with Crippen LogP contribution in [0.15, 0.2) is 24.3 Å². The van der Waals surface area contributed by atoms with Crippen LogP contribution >= 0.6 is 11.6 Å². The maximum absolute atomic E-state index is 11.6. The molecule has 4 nitrogen and oxygen atoms in total. The lowest BCUT2D eigenvalue weighted by Crippen LogP contribution is -2.16. The highest BCUT2D eigenvalue weighted by molar-refractivity contribution is 6.35. The van der Waals surface area contributed by atoms with Crippen LogP contribution in [0.5, 0.6) is 5.88 Å². The second kappa shape index (κ2) is 8.73. The lowest BCUT2D eigenvalue weighted by molar-refractivity contribution is -0.146. The molecule has 0 spiro atoms. The fraction of sp³-hybridized carbons (Fsp3) is 0.444. The van der Waals surface area contributed by atoms with E-state index < -0.39 is 0 Å². The molecule has 5 heteroatoms. The van der Waals surface area contributed by atoms with Crippen molar-refractivity contribution in [2.75, 3.05) is 13.2 Å². The fourth-order valence-corrected chi connectivity index (χ4v) is 2.49. The minimum absolute atomic E-state index is 0.133. The van der Waals surface area contributed by atoms with Crippen LogP contribution in [0.3, 0.4) is 0 Å². The summed E-state index contributed by atoms with van der Waals surface area (Å²) in [4.78, 5) is 16.1. The van der Waals surface area contributed by atoms with E-state index in [1.54, 1.807) is 6.07 Å². The van der Waals surface area contributed by atoms with Gasteiger partial charge in [-0.05, 0) is 31.0 Å². The Morgan fingerprint density at radius 3 is 2.78 bits per heavy atom. The number of nitrogens with zero attached hydrogens (tertiary/aromatic N) is 1. The zero-order valence-electron chi connectivity index (χ0n) is 13.6. The first-order valence-electron chi connectivity index (χ1n) is 7.96. The molecule has 0 radical (unpaired) electrons. The summed E-state index contributed by atoms with van der Waals surface area (Å²) >= 11 is 6.15. The van der Waals surface area contributed by atoms with Crippen molar-refractivity contribution < 1.29 is 14.3 Å². The molecule has 0 saturated carbocycles. The number of ether oxygens (including phenoxy) is 2. The number of halogens is 1. The molecule has 2 aromatic rings. The number of hydrogen-bond donors (Lipinski definition) is 0. The molecule has 2 rings (SSSR count). The molecule has 1 aromatic heterocycles. The predicted molar refractivity (Wildman–Crippen MR) is 92.1 cm³/mol. The number of aryl methyl sites for hydroxylation is 1. The molecule has 0 unspecified atom stereocenters. The van der Waals surface area contributed by atoms with Gasteiger partial charge in [0.1, 0.15) is 0 Å². The van der Waals surface area contributed by atoms with E-state index in [0.29, 0.717) is 17.5 Å². The van der Waals surface area contributed by atoms with E-state index in [0.717, 1.165) is 42.1 Å². The van der Waals surface area contributed by atoms with Gasteiger partial charge in [-0.15, -0.1) is 0 Å². The molecule has 124 valence electrons. The molecule has 0 fully saturated rings. The van der Waals surface area contributed by atoms with E-state index in [9.17, 15) is 4.79 Å². The van der Waals surface area contributed by atoms with Gasteiger partial charge in [-0.1, -0.05) is 43.9 Å². The first kappa shape index (κ1) is 17.5. The van der Waals surface area contributed by atoms with E-state index in [4.69, 9.17) is 21.1 Å². The lowest BCUT2D eigenvalue weighted by atomic mass is 10.1. The summed E-state index contributed by atoms with van der Waals surface area (Å²) in [5, 5.41) is 1.52. The average Bonchev–Trinajstić information content (AvgIpc) is 2.56. The van der Waals surface area contributed by atoms with Crippen molar-refractivity contribution in [3.8, 4) is 5.88 Å². The van der Waals surface area contributed by atoms with E-state index >= 15 is 0 Å². The van der Waals surface area contributed by atoms with Gasteiger partial charge in [-0.2, -0.15) is 0 Å². The van der Waals surface area contributed by atoms with Gasteiger partial charge in [0.15, 0.2) is 6.61 Å². The Morgan fingerprint density at radius 1 is 1.17 bits per heavy atom. The molecule has 0 amide bonds. The van der Waals surface area contributed by atoms with Crippen LogP contribution in [0.2, 0.25) is 5.02 Å². The molecule has 0 saturated heterocycles. The number of carbonyl (C=O) groups excluding carboxylic acids is 1. The van der Waals surface area contributed by atoms with Gasteiger partial charge in [0.2, 0.25) is 5.88 Å². The first-order valence-corrected chi connectivity index (χ1v) is 8.34. The van der Waals surface area contributed by atoms with Crippen LogP contribution in [0.1, 0.15) is 38.2 Å². The second-order valence-electron chi connectivity index (χ2n) is 5.48. The maximum Gasteiger partial charge on any atom is 0.344 e. The molecule has 0 aliphatic rings. The van der Waals surface area contributed by atoms with Crippen LogP contribution in [-0.2, 0) is 9.53 Å². The van der Waals surface area contributed by atoms with E-state index in [-0.39, 0.29) is 12.6 Å². The van der Waals surface area contributed by atoms with Crippen molar-refractivity contribution in [1.82, 2.24) is 4.98 Å². The van der Waals surface area contributed by atoms with Crippen LogP contribution in [0.25, 0.3) is 10.9 Å². The third-order valence-electron chi connectivity index (χ3n) is 3.58. The van der Waals surface area contributed by atoms with Crippen molar-refractivity contribution in [3.63, 3.8) is 0 Å². The number of esters is 1. The molecule has 1 heterocycles. The Morgan fingerprint density at radius 2 is 2.00 bits per heavy atom. The summed E-state index contributed by atoms with van der Waals surface area (Å²) in [5.74, 6) is 0.0250. The highest BCUT2D eigenvalue weighted by Gasteiger charge is 2.08. The quantitative estimate of drug-likeness (QED) is 0.518. The largest absolute Gasteiger partial charge is 0.466 e. The molecule has 0 bridgehead atoms. The number of unbranched alkanes of at least 4 members (excludes halogenated alkanes) is 3. The number of fused-ring (bicyclic) bond motifs is 1. The Balaban J connectivity index is 1.87. The van der Waals surface area contributed by atoms with Crippen molar-refractivity contribution in [1.29, 1.82) is 0 Å². The summed E-state index contributed by atoms with van der Waals surface area (Å²) in [6.45, 7) is 4.42. The predicted octanol–water partition coefficient (Wildman–Crippen LogP) is 4.70. The molecule has 1 aromatic carbocycles. The van der Waals surface area contributed by atoms with Crippen molar-refractivity contribution >= 4 is 28.5 Å². The van der Waals surface area contributed by atoms with Crippen LogP contribution in [-0.4, -0.2) is 24.2 Å². The topological polar surface area (TPSA) is 48.4 Å². The van der Waals surface area contributed by atoms with Gasteiger partial charge >= 0.3 is 5.97 Å². The molecule has 0 aliphatic heterocycles. The number of aromatic nitrogens is 1. The SMILES string of the molecule is CCCCCCOC(=O)COc1ccc2c(Cl)ccc(C)c2n1. The van der Waals surface area contributed by atoms with Gasteiger partial charge in [0.25, 0.3) is 0 Å². The van der Waals surface area contributed by atoms with Crippen molar-refractivity contribution in [3.05, 3.63) is 34.9 Å². The molecular weight excluding hydrogens is 314 g/mol. The Hall–Kier alpha value is -1.81. The molecular formula is C18H22ClNO3. The molecule has 0 aliphatic carbocycles. The molecule has 23 heavy (non-hydrogen) atoms. The summed E-state index contributed by atoms with van der Waals surface area (Å²) in [6, 6.07) is 7.31. The van der Waals surface area contributed by atoms with Gasteiger partial charge in [0, 0.05) is 16.5 Å². The van der Waals surface area contributed by atoms with E-state index in [2.05, 4.69) is 11.9 Å². The Labute approximate surface area is 141 Å². The van der Waals surface area contributed by atoms with Gasteiger partial charge in [-0.25, -0.2) is 9.78 Å². The highest BCUT2D eigenvalue weighted by Crippen LogP contribution is 2.26. The minimum atomic E-state index is -0.369. The number of pyridine rings is 1. The van der Waals surface area contributed by atoms with E-state index in [1.807, 2.05) is 25.1 Å². The lowest BCUT2D eigenvalue weighted by Gasteiger charge is -2.08. The third-order valence-corrected chi connectivity index (χ3v) is 3.91. The standard InChI is InChI=1S/C18H22ClNO3/c1-3-4-5-6-11-22-17(21)12-23-16-10-8-14-15(19)9-7-13(2)18(14)20-16/h7-10H,3-6,11-12H2,1-2H3. The third kappa shape index (κ3) is 5.10. The highest BCUT2D eigenvalue weighted by atomic mass is 35.5. The Kier molecular flexibility index (Phi) is 6.66. The average molecular weight is 336 g/mol. The first-order chi connectivity index (χ1) is 11.1. The van der Waals surface area contributed by atoms with Gasteiger partial charge in [-0.3, -0.25) is 0 Å². The normalized spacial score (nSPS) is 10.7. The van der Waals surface area contributed by atoms with Crippen LogP contribution in [0.4, 0.5) is 0 Å². The summed E-state index contributed by atoms with van der Waals surface area (Å²) in [6.07, 6.45) is 4.30. The van der Waals surface area contributed by atoms with Crippen LogP contribution in [0, 0.1) is 6.92 Å². The van der Waals surface area contributed by atoms with E-state index in [1.165, 1.54) is 0 Å². The summed E-state index contributed by atoms with van der Waals surface area (Å²) in [7, 11) is 0. The Bertz CT molecular complexity index is 673. The maximum atomic E-state index is 11.6. The fourth-order valence-electron chi connectivity index (χ4n) is 2.27. The zero-order chi connectivity index (χ0) is 16.7. The van der Waals surface area contributed by atoms with Gasteiger partial charge in [0.05, 0.1) is 12.1 Å². The number of hydrogen-bond acceptors (Lipinski definition) is 4. The molecule has 0 N–H and O–H groups in total. The van der Waals surface area contributed by atoms with Crippen molar-refractivity contribution in [2.24, 2.45) is 0 Å². The number of carbonyl (C=O) groups is 1. The summed E-state index contributed by atoms with van der Waals surface area (Å²) < 4.78 is 10.5.